The number of aliphatic hydroxyl groups excluding tert-OH is 1. The van der Waals surface area contributed by atoms with E-state index < -0.39 is 6.04 Å². The van der Waals surface area contributed by atoms with E-state index in [0.717, 1.165) is 12.8 Å². The molecule has 1 aliphatic carbocycles. The number of ketones is 1. The molecule has 0 saturated heterocycles. The normalized spacial score (nSPS) is 28.8. The van der Waals surface area contributed by atoms with Gasteiger partial charge < -0.3 is 24.2 Å². The first kappa shape index (κ1) is 20.2. The van der Waals surface area contributed by atoms with Crippen LogP contribution in [0.15, 0.2) is 29.5 Å². The van der Waals surface area contributed by atoms with Gasteiger partial charge in [-0.15, -0.1) is 0 Å². The Bertz CT molecular complexity index is 869. The molecular weight excluding hydrogens is 442 g/mol. The Morgan fingerprint density at radius 1 is 1.24 bits per heavy atom. The van der Waals surface area contributed by atoms with Crippen LogP contribution in [-0.2, 0) is 14.3 Å². The first-order chi connectivity index (χ1) is 14.0. The van der Waals surface area contributed by atoms with E-state index in [0.29, 0.717) is 29.1 Å². The Balaban J connectivity index is 1.84. The van der Waals surface area contributed by atoms with Crippen LogP contribution in [0.2, 0.25) is 0 Å². The van der Waals surface area contributed by atoms with Gasteiger partial charge in [-0.3, -0.25) is 9.59 Å². The molecule has 4 unspecified atom stereocenters. The third kappa shape index (κ3) is 3.32. The largest absolute Gasteiger partial charge is 0.497 e. The second-order valence-electron chi connectivity index (χ2n) is 7.51. The van der Waals surface area contributed by atoms with Crippen LogP contribution in [0.1, 0.15) is 30.9 Å². The summed E-state index contributed by atoms with van der Waals surface area (Å²) in [5.41, 5.74) is 0.998. The third-order valence-electron chi connectivity index (χ3n) is 5.95. The van der Waals surface area contributed by atoms with Gasteiger partial charge in [0.25, 0.3) is 5.91 Å². The number of methoxy groups -OCH3 is 2. The van der Waals surface area contributed by atoms with Gasteiger partial charge in [0.2, 0.25) is 0 Å². The molecule has 7 nitrogen and oxygen atoms in total. The van der Waals surface area contributed by atoms with Gasteiger partial charge in [0.1, 0.15) is 17.6 Å². The number of hydrogen-bond acceptors (Lipinski definition) is 6. The molecule has 2 heterocycles. The molecule has 0 aromatic heterocycles. The number of hydrogen-bond donors (Lipinski definition) is 1. The number of fused-ring (bicyclic) bond motifs is 1. The number of β-amino-alcohol motifs (C(OH)–C–C–N with tert-alkyl or cyclic N) is 1. The Morgan fingerprint density at radius 2 is 2.03 bits per heavy atom. The van der Waals surface area contributed by atoms with Gasteiger partial charge in [-0.2, -0.15) is 0 Å². The Hall–Kier alpha value is -2.06. The quantitative estimate of drug-likeness (QED) is 0.671. The predicted molar refractivity (Wildman–Crippen MR) is 108 cm³/mol. The summed E-state index contributed by atoms with van der Waals surface area (Å²) in [6.07, 6.45) is 2.03. The SMILES string of the molecule is COc1ccc(OC)c(C2C3=C(OC4CCC(Br)CC4C3=O)C(=O)N2CCO)c1. The zero-order chi connectivity index (χ0) is 20.7. The highest BCUT2D eigenvalue weighted by Gasteiger charge is 2.53. The molecule has 4 rings (SSSR count). The zero-order valence-corrected chi connectivity index (χ0v) is 18.0. The standard InChI is InChI=1S/C21H24BrNO6/c1-27-12-4-6-15(28-2)13(10-12)18-17-19(25)14-9-11(22)3-5-16(14)29-20(17)21(26)23(18)7-8-24/h4,6,10-11,14,16,18,24H,3,5,7-9H2,1-2H3. The van der Waals surface area contributed by atoms with Gasteiger partial charge in [0, 0.05) is 16.9 Å². The van der Waals surface area contributed by atoms with E-state index in [1.54, 1.807) is 32.4 Å². The van der Waals surface area contributed by atoms with Crippen LogP contribution < -0.4 is 9.47 Å². The lowest BCUT2D eigenvalue weighted by atomic mass is 9.77. The maximum atomic E-state index is 13.5. The Kier molecular flexibility index (Phi) is 5.57. The third-order valence-corrected chi connectivity index (χ3v) is 6.78. The van der Waals surface area contributed by atoms with Crippen LogP contribution in [0.4, 0.5) is 0 Å². The van der Waals surface area contributed by atoms with Crippen molar-refractivity contribution >= 4 is 27.6 Å². The van der Waals surface area contributed by atoms with Crippen molar-refractivity contribution in [3.05, 3.63) is 35.1 Å². The molecule has 1 aromatic carbocycles. The highest BCUT2D eigenvalue weighted by molar-refractivity contribution is 9.09. The second-order valence-corrected chi connectivity index (χ2v) is 8.81. The van der Waals surface area contributed by atoms with Gasteiger partial charge in [0.05, 0.1) is 38.4 Å². The van der Waals surface area contributed by atoms with E-state index in [1.165, 1.54) is 4.90 Å². The minimum Gasteiger partial charge on any atom is -0.497 e. The van der Waals surface area contributed by atoms with Gasteiger partial charge in [-0.25, -0.2) is 0 Å². The van der Waals surface area contributed by atoms with Crippen LogP contribution in [0.3, 0.4) is 0 Å². The summed E-state index contributed by atoms with van der Waals surface area (Å²) >= 11 is 3.63. The van der Waals surface area contributed by atoms with Gasteiger partial charge in [-0.05, 0) is 37.5 Å². The van der Waals surface area contributed by atoms with Crippen molar-refractivity contribution in [1.29, 1.82) is 0 Å². The topological polar surface area (TPSA) is 85.3 Å². The smallest absolute Gasteiger partial charge is 0.290 e. The summed E-state index contributed by atoms with van der Waals surface area (Å²) in [5, 5.41) is 9.58. The lowest BCUT2D eigenvalue weighted by molar-refractivity contribution is -0.135. The highest BCUT2D eigenvalue weighted by Crippen LogP contribution is 2.49. The average Bonchev–Trinajstić information content (AvgIpc) is 3.00. The van der Waals surface area contributed by atoms with Crippen LogP contribution in [-0.4, -0.2) is 60.0 Å². The number of amides is 1. The number of aliphatic hydroxyl groups is 1. The van der Waals surface area contributed by atoms with Crippen molar-refractivity contribution in [3.63, 3.8) is 0 Å². The number of alkyl halides is 1. The van der Waals surface area contributed by atoms with Crippen LogP contribution >= 0.6 is 15.9 Å². The molecule has 156 valence electrons. The molecule has 0 radical (unpaired) electrons. The highest BCUT2D eigenvalue weighted by atomic mass is 79.9. The van der Waals surface area contributed by atoms with Crippen molar-refractivity contribution in [3.8, 4) is 11.5 Å². The molecule has 0 bridgehead atoms. The van der Waals surface area contributed by atoms with Crippen molar-refractivity contribution in [2.75, 3.05) is 27.4 Å². The lowest BCUT2D eigenvalue weighted by Gasteiger charge is -2.37. The fourth-order valence-corrected chi connectivity index (χ4v) is 5.24. The van der Waals surface area contributed by atoms with Crippen molar-refractivity contribution in [2.45, 2.75) is 36.2 Å². The Morgan fingerprint density at radius 3 is 2.72 bits per heavy atom. The number of nitrogens with zero attached hydrogens (tertiary/aromatic N) is 1. The van der Waals surface area contributed by atoms with E-state index in [4.69, 9.17) is 14.2 Å². The monoisotopic (exact) mass is 465 g/mol. The first-order valence-electron chi connectivity index (χ1n) is 9.73. The second kappa shape index (κ2) is 7.99. The molecule has 1 amide bonds. The molecular formula is C21H24BrNO6. The number of ether oxygens (including phenoxy) is 3. The number of carbonyl (C=O) groups is 2. The molecule has 1 fully saturated rings. The van der Waals surface area contributed by atoms with E-state index in [2.05, 4.69) is 15.9 Å². The summed E-state index contributed by atoms with van der Waals surface area (Å²) in [5.74, 6) is 0.546. The summed E-state index contributed by atoms with van der Waals surface area (Å²) in [4.78, 5) is 28.4. The van der Waals surface area contributed by atoms with Crippen molar-refractivity contribution in [2.24, 2.45) is 5.92 Å². The van der Waals surface area contributed by atoms with Crippen LogP contribution in [0.25, 0.3) is 0 Å². The zero-order valence-electron chi connectivity index (χ0n) is 16.4. The summed E-state index contributed by atoms with van der Waals surface area (Å²) in [7, 11) is 3.10. The summed E-state index contributed by atoms with van der Waals surface area (Å²) < 4.78 is 17.0. The minimum atomic E-state index is -0.682. The number of carbonyl (C=O) groups excluding carboxylic acids is 2. The number of benzene rings is 1. The van der Waals surface area contributed by atoms with Gasteiger partial charge in [0.15, 0.2) is 11.5 Å². The van der Waals surface area contributed by atoms with E-state index >= 15 is 0 Å². The van der Waals surface area contributed by atoms with Gasteiger partial charge >= 0.3 is 0 Å². The van der Waals surface area contributed by atoms with Crippen LogP contribution in [0, 0.1) is 5.92 Å². The first-order valence-corrected chi connectivity index (χ1v) is 10.6. The average molecular weight is 466 g/mol. The molecule has 29 heavy (non-hydrogen) atoms. The molecule has 8 heteroatoms. The van der Waals surface area contributed by atoms with Crippen LogP contribution in [0.5, 0.6) is 11.5 Å². The van der Waals surface area contributed by atoms with Crippen molar-refractivity contribution in [1.82, 2.24) is 4.90 Å². The maximum Gasteiger partial charge on any atom is 0.290 e. The molecule has 2 aliphatic heterocycles. The Labute approximate surface area is 177 Å². The number of Topliss-reactive ketones (excluding diaryl/α,β-unsaturated/α-hetero) is 1. The fourth-order valence-electron chi connectivity index (χ4n) is 4.58. The van der Waals surface area contributed by atoms with E-state index in [9.17, 15) is 14.7 Å². The molecule has 4 atom stereocenters. The van der Waals surface area contributed by atoms with Crippen molar-refractivity contribution < 1.29 is 28.9 Å². The lowest BCUT2D eigenvalue weighted by Crippen LogP contribution is -2.41. The minimum absolute atomic E-state index is 0.0518. The molecule has 1 saturated carbocycles. The summed E-state index contributed by atoms with van der Waals surface area (Å²) in [6.45, 7) is -0.135. The fraction of sp³-hybridized carbons (Fsp3) is 0.524. The molecule has 0 spiro atoms. The molecule has 1 aromatic rings. The summed E-state index contributed by atoms with van der Waals surface area (Å²) in [6, 6.07) is 4.60. The van der Waals surface area contributed by atoms with E-state index in [1.807, 2.05) is 0 Å². The molecule has 1 N–H and O–H groups in total. The van der Waals surface area contributed by atoms with E-state index in [-0.39, 0.29) is 47.5 Å². The number of halogens is 1. The number of rotatable bonds is 5. The maximum absolute atomic E-state index is 13.5. The molecule has 3 aliphatic rings. The predicted octanol–water partition coefficient (Wildman–Crippen LogP) is 2.37. The van der Waals surface area contributed by atoms with Gasteiger partial charge in [-0.1, -0.05) is 15.9 Å².